The van der Waals surface area contributed by atoms with E-state index in [0.717, 1.165) is 50.8 Å². The Labute approximate surface area is 353 Å². The van der Waals surface area contributed by atoms with Crippen LogP contribution in [0.5, 0.6) is 11.5 Å². The molecule has 288 valence electrons. The van der Waals surface area contributed by atoms with Gasteiger partial charge in [-0.1, -0.05) is 121 Å². The second-order valence-corrected chi connectivity index (χ2v) is 16.0. The first-order valence-electron chi connectivity index (χ1n) is 20.7. The number of hydrogen-bond acceptors (Lipinski definition) is 2. The maximum Gasteiger partial charge on any atom is 0.151 e. The molecule has 1 aliphatic heterocycles. The molecule has 0 atom stereocenters. The zero-order valence-electron chi connectivity index (χ0n) is 34.4. The number of rotatable bonds is 7. The molecule has 0 unspecified atom stereocenters. The van der Waals surface area contributed by atoms with Gasteiger partial charge in [-0.3, -0.25) is 0 Å². The first-order chi connectivity index (χ1) is 29.4. The van der Waals surface area contributed by atoms with Gasteiger partial charge in [0, 0.05) is 5.69 Å². The van der Waals surface area contributed by atoms with E-state index in [9.17, 15) is 0 Å². The van der Waals surface area contributed by atoms with Crippen LogP contribution in [-0.2, 0) is 0 Å². The lowest BCUT2D eigenvalue weighted by Gasteiger charge is -2.33. The van der Waals surface area contributed by atoms with Crippen LogP contribution in [0.2, 0.25) is 0 Å². The fourth-order valence-corrected chi connectivity index (χ4v) is 8.85. The molecule has 0 saturated heterocycles. The predicted molar refractivity (Wildman–Crippen MR) is 253 cm³/mol. The normalized spacial score (nSPS) is 11.8. The Morgan fingerprint density at radius 2 is 0.550 bits per heavy atom. The molecule has 10 rings (SSSR count). The average Bonchev–Trinajstić information content (AvgIpc) is 3.28. The Morgan fingerprint density at radius 3 is 0.900 bits per heavy atom. The highest BCUT2D eigenvalue weighted by Gasteiger charge is 2.26. The van der Waals surface area contributed by atoms with Gasteiger partial charge in [0.1, 0.15) is 0 Å². The van der Waals surface area contributed by atoms with Gasteiger partial charge in [-0.25, -0.2) is 0 Å². The molecule has 0 aromatic heterocycles. The van der Waals surface area contributed by atoms with Gasteiger partial charge in [0.05, 0.1) is 11.4 Å². The highest BCUT2D eigenvalue weighted by atomic mass is 16.5. The number of benzene rings is 9. The minimum atomic E-state index is 0.829. The van der Waals surface area contributed by atoms with Crippen LogP contribution >= 0.6 is 0 Å². The summed E-state index contributed by atoms with van der Waals surface area (Å²) in [6, 6.07) is 72.8. The molecule has 60 heavy (non-hydrogen) atoms. The van der Waals surface area contributed by atoms with Crippen LogP contribution in [0, 0.1) is 27.7 Å². The molecular weight excluding hydrogens is 727 g/mol. The van der Waals surface area contributed by atoms with Crippen LogP contribution in [-0.4, -0.2) is 0 Å². The third-order valence-electron chi connectivity index (χ3n) is 12.0. The molecule has 0 N–H and O–H groups in total. The summed E-state index contributed by atoms with van der Waals surface area (Å²) in [5.74, 6) is 1.66. The van der Waals surface area contributed by atoms with Crippen molar-refractivity contribution in [3.63, 3.8) is 0 Å². The van der Waals surface area contributed by atoms with Crippen molar-refractivity contribution in [1.29, 1.82) is 0 Å². The largest absolute Gasteiger partial charge is 0.453 e. The van der Waals surface area contributed by atoms with Crippen molar-refractivity contribution >= 4 is 17.1 Å². The number of nitrogens with zero attached hydrogens (tertiary/aromatic N) is 1. The third kappa shape index (κ3) is 6.86. The van der Waals surface area contributed by atoms with Crippen LogP contribution < -0.4 is 9.64 Å². The molecule has 9 aromatic carbocycles. The summed E-state index contributed by atoms with van der Waals surface area (Å²) in [5, 5.41) is 0. The van der Waals surface area contributed by atoms with Crippen LogP contribution in [0.4, 0.5) is 17.1 Å². The maximum absolute atomic E-state index is 6.52. The molecule has 0 spiro atoms. The van der Waals surface area contributed by atoms with Crippen LogP contribution in [0.25, 0.3) is 66.8 Å². The van der Waals surface area contributed by atoms with Gasteiger partial charge in [0.15, 0.2) is 11.5 Å². The van der Waals surface area contributed by atoms with Gasteiger partial charge in [0.25, 0.3) is 0 Å². The van der Waals surface area contributed by atoms with E-state index in [1.54, 1.807) is 0 Å². The summed E-state index contributed by atoms with van der Waals surface area (Å²) >= 11 is 0. The summed E-state index contributed by atoms with van der Waals surface area (Å²) in [4.78, 5) is 2.36. The van der Waals surface area contributed by atoms with Crippen LogP contribution in [0.15, 0.2) is 200 Å². The minimum Gasteiger partial charge on any atom is -0.453 e. The molecule has 1 aliphatic rings. The van der Waals surface area contributed by atoms with E-state index in [-0.39, 0.29) is 0 Å². The number of fused-ring (bicyclic) bond motifs is 2. The molecule has 1 heterocycles. The molecule has 2 heteroatoms. The van der Waals surface area contributed by atoms with Crippen molar-refractivity contribution in [2.24, 2.45) is 0 Å². The lowest BCUT2D eigenvalue weighted by molar-refractivity contribution is 0.477. The number of aryl methyl sites for hydroxylation is 4. The topological polar surface area (TPSA) is 12.5 Å². The second kappa shape index (κ2) is 15.4. The van der Waals surface area contributed by atoms with Crippen LogP contribution in [0.3, 0.4) is 0 Å². The van der Waals surface area contributed by atoms with Crippen molar-refractivity contribution < 1.29 is 4.74 Å². The van der Waals surface area contributed by atoms with E-state index in [1.165, 1.54) is 66.8 Å². The zero-order chi connectivity index (χ0) is 40.7. The van der Waals surface area contributed by atoms with E-state index in [1.807, 2.05) is 12.1 Å². The average molecular weight is 772 g/mol. The lowest BCUT2D eigenvalue weighted by Crippen LogP contribution is -2.15. The molecular formula is C58H45NO. The Balaban J connectivity index is 1.27. The zero-order valence-corrected chi connectivity index (χ0v) is 34.4. The number of ether oxygens (including phenoxy) is 1. The molecule has 0 bridgehead atoms. The Bertz CT molecular complexity index is 2750. The molecule has 0 amide bonds. The first kappa shape index (κ1) is 36.9. The highest BCUT2D eigenvalue weighted by molar-refractivity contribution is 5.93. The second-order valence-electron chi connectivity index (χ2n) is 16.0. The summed E-state index contributed by atoms with van der Waals surface area (Å²) in [5.41, 5.74) is 22.3. The first-order valence-corrected chi connectivity index (χ1v) is 20.7. The predicted octanol–water partition coefficient (Wildman–Crippen LogP) is 16.5. The lowest BCUT2D eigenvalue weighted by atomic mass is 9.88. The van der Waals surface area contributed by atoms with Crippen molar-refractivity contribution in [2.45, 2.75) is 27.7 Å². The number of hydrogen-bond donors (Lipinski definition) is 0. The summed E-state index contributed by atoms with van der Waals surface area (Å²) in [7, 11) is 0. The Kier molecular flexibility index (Phi) is 9.47. The SMILES string of the molecule is Cc1ccccc1-c1cc(-c2cc(-c3cc(-c4ccccc4C)cc(-c4ccccc4C)c3)cc(N3c4ccccc4Oc4ccccc43)c2)cc(-c2ccccc2C)c1. The van der Waals surface area contributed by atoms with Crippen molar-refractivity contribution in [3.8, 4) is 78.3 Å². The standard InChI is InChI=1S/C58H45NO/c1-38-17-5-9-21-51(38)46-30-42(31-47(34-46)52-22-10-6-18-39(52)2)44-29-45(37-50(36-44)59-55-25-13-15-27-57(55)60-58-28-16-14-26-56(58)59)43-32-48(53-23-11-7-19-40(53)3)35-49(33-43)54-24-12-8-20-41(54)4/h5-37H,1-4H3. The maximum atomic E-state index is 6.52. The Morgan fingerprint density at radius 1 is 0.283 bits per heavy atom. The fraction of sp³-hybridized carbons (Fsp3) is 0.0690. The molecule has 0 radical (unpaired) electrons. The van der Waals surface area contributed by atoms with Crippen LogP contribution in [0.1, 0.15) is 22.3 Å². The van der Waals surface area contributed by atoms with E-state index < -0.39 is 0 Å². The van der Waals surface area contributed by atoms with Gasteiger partial charge < -0.3 is 9.64 Å². The monoisotopic (exact) mass is 771 g/mol. The van der Waals surface area contributed by atoms with Crippen molar-refractivity contribution in [1.82, 2.24) is 0 Å². The molecule has 0 aliphatic carbocycles. The van der Waals surface area contributed by atoms with E-state index >= 15 is 0 Å². The number of para-hydroxylation sites is 4. The van der Waals surface area contributed by atoms with E-state index in [4.69, 9.17) is 4.74 Å². The van der Waals surface area contributed by atoms with Crippen molar-refractivity contribution in [2.75, 3.05) is 4.90 Å². The summed E-state index contributed by atoms with van der Waals surface area (Å²) in [6.07, 6.45) is 0. The molecule has 9 aromatic rings. The van der Waals surface area contributed by atoms with Gasteiger partial charge in [-0.15, -0.1) is 0 Å². The molecule has 2 nitrogen and oxygen atoms in total. The fourth-order valence-electron chi connectivity index (χ4n) is 8.85. The van der Waals surface area contributed by atoms with Crippen molar-refractivity contribution in [3.05, 3.63) is 222 Å². The summed E-state index contributed by atoms with van der Waals surface area (Å²) in [6.45, 7) is 8.81. The van der Waals surface area contributed by atoms with Gasteiger partial charge in [0.2, 0.25) is 0 Å². The van der Waals surface area contributed by atoms with Gasteiger partial charge >= 0.3 is 0 Å². The quantitative estimate of drug-likeness (QED) is 0.160. The third-order valence-corrected chi connectivity index (χ3v) is 12.0. The minimum absolute atomic E-state index is 0.829. The smallest absolute Gasteiger partial charge is 0.151 e. The molecule has 0 fully saturated rings. The summed E-state index contributed by atoms with van der Waals surface area (Å²) < 4.78 is 6.52. The molecule has 0 saturated carbocycles. The Hall–Kier alpha value is -7.42. The van der Waals surface area contributed by atoms with E-state index in [2.05, 4.69) is 221 Å². The van der Waals surface area contributed by atoms with Gasteiger partial charge in [-0.05, 0) is 196 Å². The van der Waals surface area contributed by atoms with E-state index in [0.29, 0.717) is 0 Å². The number of anilines is 3. The highest BCUT2D eigenvalue weighted by Crippen LogP contribution is 2.52. The van der Waals surface area contributed by atoms with Gasteiger partial charge in [-0.2, -0.15) is 0 Å².